The predicted molar refractivity (Wildman–Crippen MR) is 136 cm³/mol. The topological polar surface area (TPSA) is 0 Å². The van der Waals surface area contributed by atoms with Gasteiger partial charge in [-0.2, -0.15) is 0 Å². The molecule has 0 aromatic heterocycles. The molecule has 0 heterocycles. The average Bonchev–Trinajstić information content (AvgIpc) is 3.17. The Kier molecular flexibility index (Phi) is 6.80. The van der Waals surface area contributed by atoms with E-state index in [1.807, 2.05) is 0 Å². The molecule has 0 spiro atoms. The smallest absolute Gasteiger partial charge is 0.0261 e. The van der Waals surface area contributed by atoms with Gasteiger partial charge in [0.15, 0.2) is 0 Å². The van der Waals surface area contributed by atoms with Crippen LogP contribution < -0.4 is 0 Å². The van der Waals surface area contributed by atoms with Crippen molar-refractivity contribution in [3.8, 4) is 0 Å². The van der Waals surface area contributed by atoms with Crippen molar-refractivity contribution >= 4 is 0 Å². The summed E-state index contributed by atoms with van der Waals surface area (Å²) in [6, 6.07) is 0. The lowest BCUT2D eigenvalue weighted by Crippen LogP contribution is -2.59. The molecule has 4 aliphatic rings. The average molecular weight is 427 g/mol. The fraction of sp³-hybridized carbons (Fsp3) is 0.935. The zero-order chi connectivity index (χ0) is 22.6. The molecular formula is C31H54. The lowest BCUT2D eigenvalue weighted by Gasteiger charge is -2.66. The van der Waals surface area contributed by atoms with Crippen LogP contribution in [-0.4, -0.2) is 0 Å². The molecule has 4 saturated carbocycles. The van der Waals surface area contributed by atoms with E-state index in [0.717, 1.165) is 53.3 Å². The fourth-order valence-corrected chi connectivity index (χ4v) is 10.5. The molecular weight excluding hydrogens is 372 g/mol. The first-order chi connectivity index (χ1) is 14.6. The molecule has 0 aromatic rings. The van der Waals surface area contributed by atoms with E-state index in [1.165, 1.54) is 69.8 Å². The standard InChI is InChI=1S/C31H54/c1-9-24-22(5)15-17-30(7)26(24)16-18-31(8)27-14-13-25(21(4)12-10-11-20(2)3)29(27)23(6)19-28(30)31/h11,21-29H,9-10,12-19H2,1-8H3. The van der Waals surface area contributed by atoms with Crippen LogP contribution in [0.2, 0.25) is 0 Å². The molecule has 0 bridgehead atoms. The van der Waals surface area contributed by atoms with E-state index in [4.69, 9.17) is 0 Å². The van der Waals surface area contributed by atoms with Crippen LogP contribution in [0.3, 0.4) is 0 Å². The lowest BCUT2D eigenvalue weighted by atomic mass is 9.38. The first kappa shape index (κ1) is 23.9. The minimum atomic E-state index is 0.618. The highest BCUT2D eigenvalue weighted by molar-refractivity contribution is 5.13. The summed E-state index contributed by atoms with van der Waals surface area (Å²) in [6.45, 7) is 20.4. The van der Waals surface area contributed by atoms with E-state index >= 15 is 0 Å². The molecule has 4 rings (SSSR count). The summed E-state index contributed by atoms with van der Waals surface area (Å²) in [5.41, 5.74) is 2.73. The van der Waals surface area contributed by atoms with E-state index in [2.05, 4.69) is 61.5 Å². The van der Waals surface area contributed by atoms with Gasteiger partial charge in [-0.05, 0) is 136 Å². The van der Waals surface area contributed by atoms with Gasteiger partial charge in [0.2, 0.25) is 0 Å². The van der Waals surface area contributed by atoms with E-state index < -0.39 is 0 Å². The van der Waals surface area contributed by atoms with Crippen molar-refractivity contribution in [3.63, 3.8) is 0 Å². The molecule has 0 aliphatic heterocycles. The second-order valence-corrected chi connectivity index (χ2v) is 13.8. The van der Waals surface area contributed by atoms with Gasteiger partial charge in [-0.15, -0.1) is 0 Å². The van der Waals surface area contributed by atoms with Crippen LogP contribution in [-0.2, 0) is 0 Å². The van der Waals surface area contributed by atoms with Gasteiger partial charge in [0.25, 0.3) is 0 Å². The quantitative estimate of drug-likeness (QED) is 0.384. The third kappa shape index (κ3) is 3.89. The maximum Gasteiger partial charge on any atom is -0.0261 e. The Hall–Kier alpha value is -0.260. The summed E-state index contributed by atoms with van der Waals surface area (Å²) in [7, 11) is 0. The van der Waals surface area contributed by atoms with Crippen molar-refractivity contribution in [2.24, 2.45) is 64.1 Å². The Bertz CT molecular complexity index is 655. The number of hydrogen-bond donors (Lipinski definition) is 0. The number of rotatable bonds is 5. The molecule has 0 saturated heterocycles. The summed E-state index contributed by atoms with van der Waals surface area (Å²) in [5, 5.41) is 0. The molecule has 31 heavy (non-hydrogen) atoms. The fourth-order valence-electron chi connectivity index (χ4n) is 10.5. The van der Waals surface area contributed by atoms with Crippen molar-refractivity contribution in [1.82, 2.24) is 0 Å². The van der Waals surface area contributed by atoms with Crippen molar-refractivity contribution in [1.29, 1.82) is 0 Å². The van der Waals surface area contributed by atoms with Crippen LogP contribution in [0, 0.1) is 64.1 Å². The molecule has 11 unspecified atom stereocenters. The number of fused-ring (bicyclic) bond motifs is 5. The van der Waals surface area contributed by atoms with Gasteiger partial charge >= 0.3 is 0 Å². The predicted octanol–water partition coefficient (Wildman–Crippen LogP) is 9.55. The minimum Gasteiger partial charge on any atom is -0.0859 e. The first-order valence-electron chi connectivity index (χ1n) is 14.3. The third-order valence-electron chi connectivity index (χ3n) is 12.1. The second-order valence-electron chi connectivity index (χ2n) is 13.8. The summed E-state index contributed by atoms with van der Waals surface area (Å²) in [5.74, 6) is 8.78. The van der Waals surface area contributed by atoms with Gasteiger partial charge in [-0.25, -0.2) is 0 Å². The summed E-state index contributed by atoms with van der Waals surface area (Å²) < 4.78 is 0. The normalized spacial score (nSPS) is 50.2. The number of allylic oxidation sites excluding steroid dienone is 2. The molecule has 178 valence electrons. The van der Waals surface area contributed by atoms with Gasteiger partial charge in [0, 0.05) is 0 Å². The van der Waals surface area contributed by atoms with Crippen LogP contribution in [0.4, 0.5) is 0 Å². The van der Waals surface area contributed by atoms with Crippen LogP contribution in [0.5, 0.6) is 0 Å². The maximum absolute atomic E-state index is 2.79. The van der Waals surface area contributed by atoms with Crippen molar-refractivity contribution in [2.75, 3.05) is 0 Å². The van der Waals surface area contributed by atoms with Crippen molar-refractivity contribution in [2.45, 2.75) is 120 Å². The zero-order valence-electron chi connectivity index (χ0n) is 22.3. The van der Waals surface area contributed by atoms with E-state index in [9.17, 15) is 0 Å². The second kappa shape index (κ2) is 8.83. The van der Waals surface area contributed by atoms with Gasteiger partial charge in [0.05, 0.1) is 0 Å². The highest BCUT2D eigenvalue weighted by atomic mass is 14.7. The summed E-state index contributed by atoms with van der Waals surface area (Å²) in [4.78, 5) is 0. The monoisotopic (exact) mass is 426 g/mol. The SMILES string of the molecule is CCC1C(C)CCC2(C)C1CCC1(C)C3CCC(C(C)CCC=C(C)C)C3C(C)CC21. The van der Waals surface area contributed by atoms with E-state index in [1.54, 1.807) is 0 Å². The Balaban J connectivity index is 1.56. The molecule has 0 heteroatoms. The minimum absolute atomic E-state index is 0.618. The van der Waals surface area contributed by atoms with Gasteiger partial charge in [-0.1, -0.05) is 59.6 Å². The van der Waals surface area contributed by atoms with Crippen LogP contribution in [0.15, 0.2) is 11.6 Å². The molecule has 4 fully saturated rings. The highest BCUT2D eigenvalue weighted by Crippen LogP contribution is 2.71. The Morgan fingerprint density at radius 3 is 2.29 bits per heavy atom. The molecule has 11 atom stereocenters. The third-order valence-corrected chi connectivity index (χ3v) is 12.1. The maximum atomic E-state index is 2.79. The summed E-state index contributed by atoms with van der Waals surface area (Å²) >= 11 is 0. The molecule has 0 aromatic carbocycles. The Labute approximate surface area is 195 Å². The Morgan fingerprint density at radius 1 is 0.935 bits per heavy atom. The van der Waals surface area contributed by atoms with Crippen LogP contribution >= 0.6 is 0 Å². The van der Waals surface area contributed by atoms with Crippen LogP contribution in [0.25, 0.3) is 0 Å². The zero-order valence-corrected chi connectivity index (χ0v) is 22.3. The lowest BCUT2D eigenvalue weighted by molar-refractivity contribution is -0.178. The van der Waals surface area contributed by atoms with Gasteiger partial charge < -0.3 is 0 Å². The Morgan fingerprint density at radius 2 is 1.61 bits per heavy atom. The molecule has 0 amide bonds. The largest absolute Gasteiger partial charge is 0.0859 e. The van der Waals surface area contributed by atoms with Gasteiger partial charge in [-0.3, -0.25) is 0 Å². The first-order valence-corrected chi connectivity index (χ1v) is 14.3. The molecule has 0 nitrogen and oxygen atoms in total. The molecule has 0 N–H and O–H groups in total. The van der Waals surface area contributed by atoms with Crippen LogP contribution in [0.1, 0.15) is 120 Å². The molecule has 4 aliphatic carbocycles. The van der Waals surface area contributed by atoms with Crippen molar-refractivity contribution < 1.29 is 0 Å². The van der Waals surface area contributed by atoms with Gasteiger partial charge in [0.1, 0.15) is 0 Å². The summed E-state index contributed by atoms with van der Waals surface area (Å²) in [6.07, 6.45) is 17.3. The van der Waals surface area contributed by atoms with Crippen molar-refractivity contribution in [3.05, 3.63) is 11.6 Å². The molecule has 0 radical (unpaired) electrons. The van der Waals surface area contributed by atoms with E-state index in [-0.39, 0.29) is 0 Å². The highest BCUT2D eigenvalue weighted by Gasteiger charge is 2.64. The van der Waals surface area contributed by atoms with E-state index in [0.29, 0.717) is 10.8 Å². The number of hydrogen-bond acceptors (Lipinski definition) is 0.